The highest BCUT2D eigenvalue weighted by molar-refractivity contribution is 5.88. The first-order valence-electron chi connectivity index (χ1n) is 9.23. The Morgan fingerprint density at radius 1 is 1.14 bits per heavy atom. The zero-order chi connectivity index (χ0) is 19.8. The van der Waals surface area contributed by atoms with Crippen LogP contribution in [0.25, 0.3) is 17.1 Å². The molecule has 0 saturated heterocycles. The van der Waals surface area contributed by atoms with Crippen molar-refractivity contribution < 1.29 is 19.1 Å². The van der Waals surface area contributed by atoms with Gasteiger partial charge in [0.2, 0.25) is 0 Å². The van der Waals surface area contributed by atoms with Crippen molar-refractivity contribution in [3.8, 4) is 11.5 Å². The van der Waals surface area contributed by atoms with Gasteiger partial charge in [0, 0.05) is 6.08 Å². The molecule has 0 aliphatic rings. The Kier molecular flexibility index (Phi) is 6.62. The van der Waals surface area contributed by atoms with Crippen molar-refractivity contribution in [1.29, 1.82) is 0 Å². The monoisotopic (exact) mass is 381 g/mol. The topological polar surface area (TPSA) is 75.5 Å². The summed E-state index contributed by atoms with van der Waals surface area (Å²) in [4.78, 5) is 18.5. The molecule has 0 radical (unpaired) electrons. The molecule has 0 saturated carbocycles. The van der Waals surface area contributed by atoms with E-state index in [4.69, 9.17) is 14.3 Å². The third kappa shape index (κ3) is 4.88. The van der Waals surface area contributed by atoms with E-state index in [0.29, 0.717) is 29.1 Å². The van der Waals surface area contributed by atoms with Crippen LogP contribution in [0.1, 0.15) is 31.7 Å². The number of ether oxygens (including phenoxy) is 2. The predicted molar refractivity (Wildman–Crippen MR) is 106 cm³/mol. The summed E-state index contributed by atoms with van der Waals surface area (Å²) in [6.45, 7) is 2.77. The maximum absolute atomic E-state index is 12.1. The van der Waals surface area contributed by atoms with Gasteiger partial charge in [0.25, 0.3) is 0 Å². The van der Waals surface area contributed by atoms with E-state index < -0.39 is 5.97 Å². The first-order valence-corrected chi connectivity index (χ1v) is 9.23. The van der Waals surface area contributed by atoms with E-state index in [1.807, 2.05) is 30.3 Å². The van der Waals surface area contributed by atoms with Crippen LogP contribution < -0.4 is 14.3 Å². The molecule has 28 heavy (non-hydrogen) atoms. The van der Waals surface area contributed by atoms with Crippen LogP contribution in [0.3, 0.4) is 0 Å². The lowest BCUT2D eigenvalue weighted by atomic mass is 10.2. The van der Waals surface area contributed by atoms with Gasteiger partial charge in [-0.05, 0) is 47.5 Å². The number of carbonyl (C=O) groups is 1. The summed E-state index contributed by atoms with van der Waals surface area (Å²) in [7, 11) is 1.60. The first-order chi connectivity index (χ1) is 13.7. The highest BCUT2D eigenvalue weighted by Gasteiger charge is 2.08. The fourth-order valence-corrected chi connectivity index (χ4v) is 2.64. The number of para-hydroxylation sites is 1. The van der Waals surface area contributed by atoms with Crippen molar-refractivity contribution in [3.05, 3.63) is 54.1 Å². The van der Waals surface area contributed by atoms with Crippen LogP contribution in [0.4, 0.5) is 0 Å². The molecule has 3 aromatic rings. The van der Waals surface area contributed by atoms with Crippen molar-refractivity contribution >= 4 is 23.1 Å². The molecule has 7 heteroatoms. The number of methoxy groups -OCH3 is 1. The van der Waals surface area contributed by atoms with E-state index in [1.165, 1.54) is 6.08 Å². The van der Waals surface area contributed by atoms with Gasteiger partial charge in [0.05, 0.1) is 13.7 Å². The minimum absolute atomic E-state index is 0.558. The molecule has 0 atom stereocenters. The second-order valence-corrected chi connectivity index (χ2v) is 6.16. The van der Waals surface area contributed by atoms with E-state index >= 15 is 0 Å². The second kappa shape index (κ2) is 9.55. The minimum atomic E-state index is -0.558. The molecule has 3 rings (SSSR count). The summed E-state index contributed by atoms with van der Waals surface area (Å²) >= 11 is 0. The molecule has 0 aliphatic carbocycles. The highest BCUT2D eigenvalue weighted by atomic mass is 16.7. The second-order valence-electron chi connectivity index (χ2n) is 6.16. The predicted octanol–water partition coefficient (Wildman–Crippen LogP) is 3.68. The maximum Gasteiger partial charge on any atom is 0.358 e. The number of benzene rings is 2. The van der Waals surface area contributed by atoms with Gasteiger partial charge in [-0.1, -0.05) is 42.8 Å². The van der Waals surface area contributed by atoms with Gasteiger partial charge in [-0.25, -0.2) is 4.79 Å². The quantitative estimate of drug-likeness (QED) is 0.320. The van der Waals surface area contributed by atoms with Gasteiger partial charge in [-0.15, -0.1) is 5.10 Å². The van der Waals surface area contributed by atoms with Gasteiger partial charge in [-0.2, -0.15) is 0 Å². The van der Waals surface area contributed by atoms with Gasteiger partial charge in [0.1, 0.15) is 11.0 Å². The van der Waals surface area contributed by atoms with Gasteiger partial charge in [-0.3, -0.25) is 0 Å². The van der Waals surface area contributed by atoms with Crippen molar-refractivity contribution in [1.82, 2.24) is 15.2 Å². The molecule has 146 valence electrons. The Morgan fingerprint density at radius 3 is 2.82 bits per heavy atom. The summed E-state index contributed by atoms with van der Waals surface area (Å²) in [5.41, 5.74) is 2.07. The molecule has 7 nitrogen and oxygen atoms in total. The number of nitrogens with zero attached hydrogens (tertiary/aromatic N) is 3. The highest BCUT2D eigenvalue weighted by Crippen LogP contribution is 2.28. The Labute approximate surface area is 163 Å². The molecule has 0 fully saturated rings. The van der Waals surface area contributed by atoms with Gasteiger partial charge >= 0.3 is 5.97 Å². The molecule has 0 N–H and O–H groups in total. The molecule has 1 heterocycles. The molecular formula is C21H23N3O4. The van der Waals surface area contributed by atoms with Crippen LogP contribution in [-0.4, -0.2) is 34.8 Å². The molecule has 1 aromatic heterocycles. The molecule has 0 bridgehead atoms. The number of fused-ring (bicyclic) bond motifs is 1. The summed E-state index contributed by atoms with van der Waals surface area (Å²) in [5.74, 6) is 0.749. The zero-order valence-corrected chi connectivity index (χ0v) is 16.0. The van der Waals surface area contributed by atoms with Crippen LogP contribution in [0.5, 0.6) is 11.5 Å². The van der Waals surface area contributed by atoms with E-state index in [2.05, 4.69) is 17.2 Å². The molecule has 0 unspecified atom stereocenters. The Morgan fingerprint density at radius 2 is 2.00 bits per heavy atom. The SMILES string of the molecule is CCCCCOc1cc(C=CC(=O)On2nnc3ccccc32)ccc1OC. The number of rotatable bonds is 9. The molecular weight excluding hydrogens is 358 g/mol. The fraction of sp³-hybridized carbons (Fsp3) is 0.286. The van der Waals surface area contributed by atoms with Crippen molar-refractivity contribution in [2.24, 2.45) is 0 Å². The number of carbonyl (C=O) groups excluding carboxylic acids is 1. The summed E-state index contributed by atoms with van der Waals surface area (Å²) < 4.78 is 11.1. The number of aromatic nitrogens is 3. The van der Waals surface area contributed by atoms with Crippen LogP contribution >= 0.6 is 0 Å². The number of hydrogen-bond acceptors (Lipinski definition) is 6. The Bertz CT molecular complexity index is 965. The van der Waals surface area contributed by atoms with Crippen LogP contribution in [0.2, 0.25) is 0 Å². The molecule has 2 aromatic carbocycles. The van der Waals surface area contributed by atoms with Crippen LogP contribution in [0, 0.1) is 0 Å². The van der Waals surface area contributed by atoms with Crippen molar-refractivity contribution in [3.63, 3.8) is 0 Å². The number of unbranched alkanes of at least 4 members (excludes halogenated alkanes) is 2. The lowest BCUT2D eigenvalue weighted by molar-refractivity contribution is -0.139. The lowest BCUT2D eigenvalue weighted by Crippen LogP contribution is -2.18. The third-order valence-electron chi connectivity index (χ3n) is 4.10. The van der Waals surface area contributed by atoms with E-state index in [9.17, 15) is 4.79 Å². The average Bonchev–Trinajstić information content (AvgIpc) is 3.12. The molecule has 0 amide bonds. The van der Waals surface area contributed by atoms with Crippen LogP contribution in [-0.2, 0) is 4.79 Å². The zero-order valence-electron chi connectivity index (χ0n) is 16.0. The van der Waals surface area contributed by atoms with E-state index in [1.54, 1.807) is 25.3 Å². The summed E-state index contributed by atoms with van der Waals surface area (Å²) in [5, 5.41) is 7.77. The standard InChI is InChI=1S/C21H23N3O4/c1-3-4-7-14-27-20-15-16(10-12-19(20)26-2)11-13-21(25)28-24-18-9-6-5-8-17(18)22-23-24/h5-6,8-13,15H,3-4,7,14H2,1-2H3. The fourth-order valence-electron chi connectivity index (χ4n) is 2.64. The van der Waals surface area contributed by atoms with Crippen molar-refractivity contribution in [2.75, 3.05) is 13.7 Å². The molecule has 0 spiro atoms. The smallest absolute Gasteiger partial charge is 0.358 e. The molecule has 0 aliphatic heterocycles. The first kappa shape index (κ1) is 19.4. The Balaban J connectivity index is 1.66. The van der Waals surface area contributed by atoms with Crippen molar-refractivity contribution in [2.45, 2.75) is 26.2 Å². The minimum Gasteiger partial charge on any atom is -0.493 e. The third-order valence-corrected chi connectivity index (χ3v) is 4.10. The normalized spacial score (nSPS) is 11.1. The summed E-state index contributed by atoms with van der Waals surface area (Å²) in [6, 6.07) is 12.7. The lowest BCUT2D eigenvalue weighted by Gasteiger charge is -2.11. The van der Waals surface area contributed by atoms with Gasteiger partial charge < -0.3 is 14.3 Å². The van der Waals surface area contributed by atoms with E-state index in [-0.39, 0.29) is 0 Å². The number of hydrogen-bond donors (Lipinski definition) is 0. The van der Waals surface area contributed by atoms with Crippen LogP contribution in [0.15, 0.2) is 48.5 Å². The maximum atomic E-state index is 12.1. The van der Waals surface area contributed by atoms with Gasteiger partial charge in [0.15, 0.2) is 11.5 Å². The van der Waals surface area contributed by atoms with E-state index in [0.717, 1.165) is 29.7 Å². The Hall–Kier alpha value is -3.35. The average molecular weight is 381 g/mol. The summed E-state index contributed by atoms with van der Waals surface area (Å²) in [6.07, 6.45) is 6.22. The largest absolute Gasteiger partial charge is 0.493 e.